The molecule has 3 rings (SSSR count). The standard InChI is InChI=1S/C25H35N3O4S/c1-4-27(5-2)22(17-20-11-7-6-8-12-20)19-26-25(29)21-13-14-23(32-3)24(18-21)33(30,31)28-15-9-10-16-28/h6-8,11-14,18,22H,4-5,9-10,15-17,19H2,1-3H3,(H,26,29). The number of nitrogens with one attached hydrogen (secondary N) is 1. The van der Waals surface area contributed by atoms with E-state index in [0.29, 0.717) is 25.2 Å². The van der Waals surface area contributed by atoms with E-state index in [4.69, 9.17) is 4.74 Å². The first-order valence-corrected chi connectivity index (χ1v) is 13.1. The predicted molar refractivity (Wildman–Crippen MR) is 130 cm³/mol. The van der Waals surface area contributed by atoms with Crippen molar-refractivity contribution in [1.29, 1.82) is 0 Å². The number of carbonyl (C=O) groups excluding carboxylic acids is 1. The molecule has 2 aromatic carbocycles. The highest BCUT2D eigenvalue weighted by atomic mass is 32.2. The summed E-state index contributed by atoms with van der Waals surface area (Å²) in [4.78, 5) is 15.4. The molecule has 7 nitrogen and oxygen atoms in total. The highest BCUT2D eigenvalue weighted by molar-refractivity contribution is 7.89. The second-order valence-electron chi connectivity index (χ2n) is 8.25. The van der Waals surface area contributed by atoms with Gasteiger partial charge in [-0.25, -0.2) is 8.42 Å². The number of rotatable bonds is 11. The summed E-state index contributed by atoms with van der Waals surface area (Å²) in [6.07, 6.45) is 2.51. The Morgan fingerprint density at radius 3 is 2.36 bits per heavy atom. The van der Waals surface area contributed by atoms with Crippen molar-refractivity contribution in [3.63, 3.8) is 0 Å². The SMILES string of the molecule is CCN(CC)C(CNC(=O)c1ccc(OC)c(S(=O)(=O)N2CCCC2)c1)Cc1ccccc1. The summed E-state index contributed by atoms with van der Waals surface area (Å²) in [6, 6.07) is 15.0. The molecule has 1 saturated heterocycles. The first-order chi connectivity index (χ1) is 15.9. The van der Waals surface area contributed by atoms with Gasteiger partial charge in [0, 0.05) is 31.2 Å². The third kappa shape index (κ3) is 6.13. The van der Waals surface area contributed by atoms with Crippen molar-refractivity contribution in [2.24, 2.45) is 0 Å². The van der Waals surface area contributed by atoms with Gasteiger partial charge in [-0.3, -0.25) is 9.69 Å². The minimum absolute atomic E-state index is 0.0455. The third-order valence-electron chi connectivity index (χ3n) is 6.25. The Balaban J connectivity index is 1.78. The maximum atomic E-state index is 13.1. The number of amides is 1. The predicted octanol–water partition coefficient (Wildman–Crippen LogP) is 3.16. The van der Waals surface area contributed by atoms with E-state index >= 15 is 0 Å². The minimum Gasteiger partial charge on any atom is -0.495 e. The molecule has 0 aromatic heterocycles. The number of likely N-dealkylation sites (N-methyl/N-ethyl adjacent to an activating group) is 1. The Kier molecular flexibility index (Phi) is 8.88. The lowest BCUT2D eigenvalue weighted by atomic mass is 10.0. The van der Waals surface area contributed by atoms with Crippen LogP contribution in [0.25, 0.3) is 0 Å². The molecule has 1 fully saturated rings. The van der Waals surface area contributed by atoms with Crippen LogP contribution in [0.15, 0.2) is 53.4 Å². The third-order valence-corrected chi connectivity index (χ3v) is 8.17. The van der Waals surface area contributed by atoms with Gasteiger partial charge in [0.1, 0.15) is 10.6 Å². The Hall–Kier alpha value is -2.42. The molecule has 1 aliphatic heterocycles. The van der Waals surface area contributed by atoms with Gasteiger partial charge in [-0.05, 0) is 56.1 Å². The quantitative estimate of drug-likeness (QED) is 0.542. The highest BCUT2D eigenvalue weighted by Crippen LogP contribution is 2.29. The molecule has 1 aliphatic rings. The smallest absolute Gasteiger partial charge is 0.251 e. The lowest BCUT2D eigenvalue weighted by Gasteiger charge is -2.30. The lowest BCUT2D eigenvalue weighted by Crippen LogP contribution is -2.45. The van der Waals surface area contributed by atoms with Crippen molar-refractivity contribution in [2.45, 2.75) is 44.0 Å². The molecule has 1 amide bonds. The number of methoxy groups -OCH3 is 1. The van der Waals surface area contributed by atoms with Crippen molar-refractivity contribution in [1.82, 2.24) is 14.5 Å². The summed E-state index contributed by atoms with van der Waals surface area (Å²) in [5.41, 5.74) is 1.53. The van der Waals surface area contributed by atoms with Crippen molar-refractivity contribution >= 4 is 15.9 Å². The zero-order valence-electron chi connectivity index (χ0n) is 19.8. The Morgan fingerprint density at radius 1 is 1.09 bits per heavy atom. The van der Waals surface area contributed by atoms with Crippen LogP contribution in [0.4, 0.5) is 0 Å². The first-order valence-electron chi connectivity index (χ1n) is 11.6. The number of sulfonamides is 1. The zero-order chi connectivity index (χ0) is 23.8. The van der Waals surface area contributed by atoms with Crippen molar-refractivity contribution < 1.29 is 17.9 Å². The molecule has 1 heterocycles. The first kappa shape index (κ1) is 25.2. The molecule has 0 saturated carbocycles. The molecule has 0 radical (unpaired) electrons. The van der Waals surface area contributed by atoms with Crippen molar-refractivity contribution in [3.8, 4) is 5.75 Å². The van der Waals surface area contributed by atoms with E-state index in [2.05, 4.69) is 36.2 Å². The van der Waals surface area contributed by atoms with E-state index in [0.717, 1.165) is 32.4 Å². The van der Waals surface area contributed by atoms with E-state index in [1.54, 1.807) is 12.1 Å². The van der Waals surface area contributed by atoms with Gasteiger partial charge < -0.3 is 10.1 Å². The second kappa shape index (κ2) is 11.6. The molecule has 180 valence electrons. The van der Waals surface area contributed by atoms with Crippen LogP contribution < -0.4 is 10.1 Å². The topological polar surface area (TPSA) is 79.0 Å². The van der Waals surface area contributed by atoms with Gasteiger partial charge in [-0.2, -0.15) is 4.31 Å². The van der Waals surface area contributed by atoms with Crippen LogP contribution in [-0.4, -0.2) is 69.4 Å². The van der Waals surface area contributed by atoms with E-state index in [-0.39, 0.29) is 22.6 Å². The molecule has 1 atom stereocenters. The van der Waals surface area contributed by atoms with Crippen LogP contribution in [-0.2, 0) is 16.4 Å². The summed E-state index contributed by atoms with van der Waals surface area (Å²) >= 11 is 0. The van der Waals surface area contributed by atoms with Crippen LogP contribution in [0.5, 0.6) is 5.75 Å². The highest BCUT2D eigenvalue weighted by Gasteiger charge is 2.30. The molecule has 2 aromatic rings. The maximum absolute atomic E-state index is 13.1. The molecular weight excluding hydrogens is 438 g/mol. The molecule has 8 heteroatoms. The fraction of sp³-hybridized carbons (Fsp3) is 0.480. The number of hydrogen-bond donors (Lipinski definition) is 1. The molecule has 0 aliphatic carbocycles. The zero-order valence-corrected chi connectivity index (χ0v) is 20.6. The normalized spacial score (nSPS) is 15.5. The summed E-state index contributed by atoms with van der Waals surface area (Å²) in [5, 5.41) is 3.02. The van der Waals surface area contributed by atoms with E-state index in [1.807, 2.05) is 18.2 Å². The summed E-state index contributed by atoms with van der Waals surface area (Å²) in [6.45, 7) is 7.44. The number of carbonyl (C=O) groups is 1. The second-order valence-corrected chi connectivity index (χ2v) is 10.2. The lowest BCUT2D eigenvalue weighted by molar-refractivity contribution is 0.0934. The molecule has 0 spiro atoms. The van der Waals surface area contributed by atoms with Crippen LogP contribution in [0.2, 0.25) is 0 Å². The molecule has 1 N–H and O–H groups in total. The van der Waals surface area contributed by atoms with Crippen LogP contribution in [0.1, 0.15) is 42.6 Å². The fourth-order valence-electron chi connectivity index (χ4n) is 4.36. The minimum atomic E-state index is -3.71. The van der Waals surface area contributed by atoms with Crippen LogP contribution in [0.3, 0.4) is 0 Å². The molecular formula is C25H35N3O4S. The average molecular weight is 474 g/mol. The van der Waals surface area contributed by atoms with Gasteiger partial charge in [0.2, 0.25) is 10.0 Å². The molecule has 0 bridgehead atoms. The Morgan fingerprint density at radius 2 is 1.76 bits per heavy atom. The number of nitrogens with zero attached hydrogens (tertiary/aromatic N) is 2. The van der Waals surface area contributed by atoms with Gasteiger partial charge in [0.25, 0.3) is 5.91 Å². The van der Waals surface area contributed by atoms with Crippen molar-refractivity contribution in [3.05, 3.63) is 59.7 Å². The van der Waals surface area contributed by atoms with Gasteiger partial charge in [-0.15, -0.1) is 0 Å². The number of benzene rings is 2. The largest absolute Gasteiger partial charge is 0.495 e. The Bertz CT molecular complexity index is 1020. The summed E-state index contributed by atoms with van der Waals surface area (Å²) < 4.78 is 33.0. The maximum Gasteiger partial charge on any atom is 0.251 e. The van der Waals surface area contributed by atoms with E-state index in [9.17, 15) is 13.2 Å². The van der Waals surface area contributed by atoms with Gasteiger partial charge >= 0.3 is 0 Å². The van der Waals surface area contributed by atoms with Crippen LogP contribution >= 0.6 is 0 Å². The van der Waals surface area contributed by atoms with Gasteiger partial charge in [0.15, 0.2) is 0 Å². The van der Waals surface area contributed by atoms with Gasteiger partial charge in [0.05, 0.1) is 7.11 Å². The number of hydrogen-bond acceptors (Lipinski definition) is 5. The fourth-order valence-corrected chi connectivity index (χ4v) is 6.05. The summed E-state index contributed by atoms with van der Waals surface area (Å²) in [5.74, 6) is -0.0377. The van der Waals surface area contributed by atoms with E-state index < -0.39 is 10.0 Å². The van der Waals surface area contributed by atoms with Gasteiger partial charge in [-0.1, -0.05) is 44.2 Å². The van der Waals surface area contributed by atoms with E-state index in [1.165, 1.54) is 23.0 Å². The van der Waals surface area contributed by atoms with Crippen LogP contribution in [0, 0.1) is 0 Å². The van der Waals surface area contributed by atoms with Crippen molar-refractivity contribution in [2.75, 3.05) is 39.8 Å². The molecule has 33 heavy (non-hydrogen) atoms. The molecule has 1 unspecified atom stereocenters. The Labute approximate surface area is 197 Å². The monoisotopic (exact) mass is 473 g/mol. The number of ether oxygens (including phenoxy) is 1. The summed E-state index contributed by atoms with van der Waals surface area (Å²) in [7, 11) is -2.27. The average Bonchev–Trinajstić information content (AvgIpc) is 3.39.